The summed E-state index contributed by atoms with van der Waals surface area (Å²) in [7, 11) is 0. The Kier molecular flexibility index (Phi) is 6.90. The second-order valence-electron chi connectivity index (χ2n) is 8.05. The van der Waals surface area contributed by atoms with E-state index in [2.05, 4.69) is 21.2 Å². The molecule has 0 aliphatic carbocycles. The van der Waals surface area contributed by atoms with Crippen LogP contribution in [-0.2, 0) is 22.6 Å². The molecule has 164 valence electrons. The molecule has 1 amide bonds. The van der Waals surface area contributed by atoms with Gasteiger partial charge in [0, 0.05) is 10.9 Å². The Labute approximate surface area is 188 Å². The zero-order valence-electron chi connectivity index (χ0n) is 17.5. The molecule has 0 aliphatic rings. The number of carbonyl (C=O) groups excluding carboxylic acids is 1. The third-order valence-electron chi connectivity index (χ3n) is 4.27. The Morgan fingerprint density at radius 3 is 2.45 bits per heavy atom. The lowest BCUT2D eigenvalue weighted by molar-refractivity contribution is -0.139. The molecular weight excluding hydrogens is 466 g/mol. The number of carboxylic acid groups (broad SMARTS) is 1. The number of carbonyl (C=O) groups is 2. The minimum atomic E-state index is -1.18. The van der Waals surface area contributed by atoms with Crippen LogP contribution in [0.25, 0.3) is 10.8 Å². The molecule has 1 atom stereocenters. The standard InChI is InChI=1S/C23H24BrNO6/c1-23(2,3)31-22(28)25-20(21(26)27)12-18-8-9-19(30-18)13-29-17-7-5-14-10-16(24)6-4-15(14)11-17/h4-11,20H,12-13H2,1-3H3,(H,25,28)(H,26,27). The van der Waals surface area contributed by atoms with Crippen molar-refractivity contribution in [3.05, 3.63) is 64.5 Å². The maximum atomic E-state index is 11.9. The molecule has 1 unspecified atom stereocenters. The number of hydrogen-bond acceptors (Lipinski definition) is 5. The molecule has 7 nitrogen and oxygen atoms in total. The monoisotopic (exact) mass is 489 g/mol. The minimum absolute atomic E-state index is 0.0145. The third-order valence-corrected chi connectivity index (χ3v) is 4.76. The van der Waals surface area contributed by atoms with Crippen LogP contribution in [0.4, 0.5) is 4.79 Å². The molecule has 3 aromatic rings. The van der Waals surface area contributed by atoms with Gasteiger partial charge in [0.25, 0.3) is 0 Å². The maximum absolute atomic E-state index is 11.9. The normalized spacial score (nSPS) is 12.4. The number of ether oxygens (including phenoxy) is 2. The lowest BCUT2D eigenvalue weighted by Crippen LogP contribution is -2.44. The second-order valence-corrected chi connectivity index (χ2v) is 8.97. The summed E-state index contributed by atoms with van der Waals surface area (Å²) >= 11 is 3.46. The topological polar surface area (TPSA) is 98.0 Å². The molecule has 2 N–H and O–H groups in total. The number of rotatable bonds is 7. The van der Waals surface area contributed by atoms with Gasteiger partial charge in [-0.1, -0.05) is 28.1 Å². The quantitative estimate of drug-likeness (QED) is 0.467. The number of aliphatic carboxylic acids is 1. The molecule has 0 saturated heterocycles. The van der Waals surface area contributed by atoms with Crippen LogP contribution < -0.4 is 10.1 Å². The van der Waals surface area contributed by atoms with Crippen LogP contribution in [0.1, 0.15) is 32.3 Å². The highest BCUT2D eigenvalue weighted by molar-refractivity contribution is 9.10. The van der Waals surface area contributed by atoms with Crippen molar-refractivity contribution < 1.29 is 28.6 Å². The number of hydrogen-bond donors (Lipinski definition) is 2. The van der Waals surface area contributed by atoms with Gasteiger partial charge in [0.2, 0.25) is 0 Å². The van der Waals surface area contributed by atoms with E-state index in [1.165, 1.54) is 0 Å². The molecular formula is C23H24BrNO6. The van der Waals surface area contributed by atoms with Crippen LogP contribution in [-0.4, -0.2) is 28.8 Å². The molecule has 8 heteroatoms. The summed E-state index contributed by atoms with van der Waals surface area (Å²) in [5.41, 5.74) is -0.721. The molecule has 0 saturated carbocycles. The van der Waals surface area contributed by atoms with Crippen molar-refractivity contribution in [3.8, 4) is 5.75 Å². The van der Waals surface area contributed by atoms with Gasteiger partial charge in [0.05, 0.1) is 0 Å². The second kappa shape index (κ2) is 9.43. The van der Waals surface area contributed by atoms with Gasteiger partial charge in [-0.2, -0.15) is 0 Å². The predicted octanol–water partition coefficient (Wildman–Crippen LogP) is 5.29. The molecule has 31 heavy (non-hydrogen) atoms. The molecule has 1 aromatic heterocycles. The van der Waals surface area contributed by atoms with Crippen molar-refractivity contribution >= 4 is 38.8 Å². The van der Waals surface area contributed by atoms with E-state index in [1.807, 2.05) is 36.4 Å². The third kappa shape index (κ3) is 6.75. The maximum Gasteiger partial charge on any atom is 0.408 e. The SMILES string of the molecule is CC(C)(C)OC(=O)NC(Cc1ccc(COc2ccc3cc(Br)ccc3c2)o1)C(=O)O. The molecule has 0 fully saturated rings. The van der Waals surface area contributed by atoms with E-state index in [-0.39, 0.29) is 13.0 Å². The Bertz CT molecular complexity index is 1090. The average molecular weight is 490 g/mol. The zero-order chi connectivity index (χ0) is 22.6. The largest absolute Gasteiger partial charge is 0.486 e. The number of nitrogens with one attached hydrogen (secondary N) is 1. The highest BCUT2D eigenvalue weighted by Crippen LogP contribution is 2.25. The minimum Gasteiger partial charge on any atom is -0.486 e. The van der Waals surface area contributed by atoms with E-state index in [4.69, 9.17) is 13.9 Å². The smallest absolute Gasteiger partial charge is 0.408 e. The van der Waals surface area contributed by atoms with Gasteiger partial charge in [-0.05, 0) is 67.9 Å². The number of amides is 1. The lowest BCUT2D eigenvalue weighted by atomic mass is 10.1. The summed E-state index contributed by atoms with van der Waals surface area (Å²) in [6.45, 7) is 5.31. The summed E-state index contributed by atoms with van der Waals surface area (Å²) in [6, 6.07) is 14.0. The fraction of sp³-hybridized carbons (Fsp3) is 0.304. The fourth-order valence-electron chi connectivity index (χ4n) is 2.90. The van der Waals surface area contributed by atoms with Crippen molar-refractivity contribution in [2.24, 2.45) is 0 Å². The van der Waals surface area contributed by atoms with Gasteiger partial charge in [0.1, 0.15) is 35.5 Å². The molecule has 0 spiro atoms. The van der Waals surface area contributed by atoms with E-state index >= 15 is 0 Å². The first-order chi connectivity index (χ1) is 14.6. The zero-order valence-corrected chi connectivity index (χ0v) is 19.1. The van der Waals surface area contributed by atoms with E-state index in [0.29, 0.717) is 17.3 Å². The van der Waals surface area contributed by atoms with Crippen molar-refractivity contribution in [1.29, 1.82) is 0 Å². The van der Waals surface area contributed by atoms with Gasteiger partial charge in [0.15, 0.2) is 0 Å². The molecule has 0 aliphatic heterocycles. The average Bonchev–Trinajstić information content (AvgIpc) is 3.11. The molecule has 2 aromatic carbocycles. The van der Waals surface area contributed by atoms with Crippen LogP contribution in [0.3, 0.4) is 0 Å². The van der Waals surface area contributed by atoms with Crippen molar-refractivity contribution in [1.82, 2.24) is 5.32 Å². The number of fused-ring (bicyclic) bond motifs is 1. The van der Waals surface area contributed by atoms with Gasteiger partial charge in [-0.3, -0.25) is 0 Å². The highest BCUT2D eigenvalue weighted by Gasteiger charge is 2.25. The van der Waals surface area contributed by atoms with E-state index < -0.39 is 23.7 Å². The summed E-state index contributed by atoms with van der Waals surface area (Å²) in [5, 5.41) is 13.9. The van der Waals surface area contributed by atoms with Crippen LogP contribution in [0.5, 0.6) is 5.75 Å². The summed E-state index contributed by atoms with van der Waals surface area (Å²) in [6.07, 6.45) is -0.808. The summed E-state index contributed by atoms with van der Waals surface area (Å²) in [4.78, 5) is 23.4. The van der Waals surface area contributed by atoms with E-state index in [9.17, 15) is 14.7 Å². The first-order valence-corrected chi connectivity index (χ1v) is 10.5. The number of furan rings is 1. The van der Waals surface area contributed by atoms with Gasteiger partial charge in [-0.25, -0.2) is 9.59 Å². The van der Waals surface area contributed by atoms with Gasteiger partial charge < -0.3 is 24.3 Å². The molecule has 0 radical (unpaired) electrons. The van der Waals surface area contributed by atoms with Crippen molar-refractivity contribution in [2.75, 3.05) is 0 Å². The summed E-state index contributed by atoms with van der Waals surface area (Å²) in [5.74, 6) is 0.489. The fourth-order valence-corrected chi connectivity index (χ4v) is 3.28. The number of alkyl carbamates (subject to hydrolysis) is 1. The van der Waals surface area contributed by atoms with Crippen LogP contribution in [0.2, 0.25) is 0 Å². The molecule has 0 bridgehead atoms. The number of carboxylic acids is 1. The Hall–Kier alpha value is -3.00. The Morgan fingerprint density at radius 2 is 1.74 bits per heavy atom. The van der Waals surface area contributed by atoms with E-state index in [1.54, 1.807) is 32.9 Å². The van der Waals surface area contributed by atoms with Gasteiger partial charge >= 0.3 is 12.1 Å². The molecule has 1 heterocycles. The van der Waals surface area contributed by atoms with Crippen LogP contribution >= 0.6 is 15.9 Å². The van der Waals surface area contributed by atoms with Gasteiger partial charge in [-0.15, -0.1) is 0 Å². The first-order valence-electron chi connectivity index (χ1n) is 9.71. The lowest BCUT2D eigenvalue weighted by Gasteiger charge is -2.21. The molecule has 3 rings (SSSR count). The van der Waals surface area contributed by atoms with Crippen molar-refractivity contribution in [2.45, 2.75) is 45.4 Å². The number of halogens is 1. The van der Waals surface area contributed by atoms with Crippen LogP contribution in [0, 0.1) is 0 Å². The van der Waals surface area contributed by atoms with E-state index in [0.717, 1.165) is 15.2 Å². The van der Waals surface area contributed by atoms with Crippen LogP contribution in [0.15, 0.2) is 57.4 Å². The Morgan fingerprint density at radius 1 is 1.06 bits per heavy atom. The Balaban J connectivity index is 1.59. The highest BCUT2D eigenvalue weighted by atomic mass is 79.9. The summed E-state index contributed by atoms with van der Waals surface area (Å²) < 4.78 is 17.6. The number of benzene rings is 2. The first kappa shape index (κ1) is 22.7. The predicted molar refractivity (Wildman–Crippen MR) is 119 cm³/mol. The van der Waals surface area contributed by atoms with Crippen molar-refractivity contribution in [3.63, 3.8) is 0 Å².